The highest BCUT2D eigenvalue weighted by atomic mass is 16.6. The number of benzene rings is 8. The predicted octanol–water partition coefficient (Wildman–Crippen LogP) is 13.7. The second kappa shape index (κ2) is 17.0. The fraction of sp³-hybridized carbons (Fsp3) is 0.0784. The molecule has 8 aromatic carbocycles. The van der Waals surface area contributed by atoms with E-state index in [0.29, 0.717) is 33.8 Å². The minimum absolute atomic E-state index is 0.0299. The lowest BCUT2D eigenvalue weighted by Gasteiger charge is -2.25. The Labute approximate surface area is 348 Å². The Morgan fingerprint density at radius 1 is 0.567 bits per heavy atom. The Balaban J connectivity index is 0.837. The number of rotatable bonds is 13. The number of phenols is 1. The van der Waals surface area contributed by atoms with E-state index >= 15 is 0 Å². The van der Waals surface area contributed by atoms with Gasteiger partial charge in [0.2, 0.25) is 0 Å². The van der Waals surface area contributed by atoms with E-state index < -0.39 is 0 Å². The van der Waals surface area contributed by atoms with Gasteiger partial charge in [-0.25, -0.2) is 0 Å². The molecule has 9 rings (SSSR count). The Morgan fingerprint density at radius 3 is 1.73 bits per heavy atom. The van der Waals surface area contributed by atoms with Crippen molar-refractivity contribution in [3.8, 4) is 16.9 Å². The molecule has 0 saturated carbocycles. The second-order valence-electron chi connectivity index (χ2n) is 14.5. The number of azo groups is 2. The number of hydrogen-bond acceptors (Lipinski definition) is 9. The number of ketones is 1. The fourth-order valence-corrected chi connectivity index (χ4v) is 7.63. The standard InChI is InChI=1S/C51H40N6O3/c1-52-53-39-24-28-45-46-29-25-40(32-48(46)51(59)47(45)31-39)54-55-49-44-15-9-8-10-36(44)30-37(50(49)58)33-60-56-38-22-18-34(19-23-38)16-17-35-20-26-43(27-21-35)57(41-11-4-2-5-12-41)42-13-6-3-7-14-42/h2-15,18-32,56,58H,16-17,33H2,1H3. The molecule has 292 valence electrons. The molecule has 0 fully saturated rings. The van der Waals surface area contributed by atoms with Crippen molar-refractivity contribution in [2.45, 2.75) is 19.4 Å². The Kier molecular flexibility index (Phi) is 10.7. The van der Waals surface area contributed by atoms with Crippen LogP contribution in [0.25, 0.3) is 21.9 Å². The van der Waals surface area contributed by atoms with Crippen molar-refractivity contribution in [2.75, 3.05) is 17.4 Å². The van der Waals surface area contributed by atoms with E-state index in [1.807, 2.05) is 78.9 Å². The first kappa shape index (κ1) is 37.8. The van der Waals surface area contributed by atoms with Gasteiger partial charge in [-0.2, -0.15) is 15.3 Å². The largest absolute Gasteiger partial charge is 0.505 e. The molecule has 8 aromatic rings. The number of para-hydroxylation sites is 2. The van der Waals surface area contributed by atoms with Crippen LogP contribution in [0.15, 0.2) is 196 Å². The van der Waals surface area contributed by atoms with E-state index in [0.717, 1.165) is 57.5 Å². The van der Waals surface area contributed by atoms with Gasteiger partial charge < -0.3 is 10.0 Å². The zero-order valence-corrected chi connectivity index (χ0v) is 32.9. The van der Waals surface area contributed by atoms with Crippen molar-refractivity contribution in [1.82, 2.24) is 0 Å². The predicted molar refractivity (Wildman–Crippen MR) is 239 cm³/mol. The number of anilines is 4. The van der Waals surface area contributed by atoms with Crippen molar-refractivity contribution in [2.24, 2.45) is 20.5 Å². The van der Waals surface area contributed by atoms with Crippen molar-refractivity contribution >= 4 is 56.4 Å². The quantitative estimate of drug-likeness (QED) is 0.0893. The summed E-state index contributed by atoms with van der Waals surface area (Å²) in [6.45, 7) is 0.0775. The molecule has 0 saturated heterocycles. The third kappa shape index (κ3) is 7.90. The number of nitrogens with zero attached hydrogens (tertiary/aromatic N) is 5. The molecule has 0 amide bonds. The SMILES string of the molecule is CN=Nc1ccc2c(c1)C(=O)c1cc(N=Nc3c(O)c(CONc4ccc(CCc5ccc(N(c6ccccc6)c6ccccc6)cc5)cc4)cc4ccccc34)ccc1-2. The molecule has 0 heterocycles. The van der Waals surface area contributed by atoms with Crippen LogP contribution in [0.2, 0.25) is 0 Å². The lowest BCUT2D eigenvalue weighted by molar-refractivity contribution is 0.104. The van der Waals surface area contributed by atoms with E-state index in [9.17, 15) is 9.90 Å². The average molecular weight is 785 g/mol. The summed E-state index contributed by atoms with van der Waals surface area (Å²) in [6, 6.07) is 58.3. The average Bonchev–Trinajstić information content (AvgIpc) is 3.57. The van der Waals surface area contributed by atoms with Crippen molar-refractivity contribution < 1.29 is 14.7 Å². The number of hydrogen-bond donors (Lipinski definition) is 2. The summed E-state index contributed by atoms with van der Waals surface area (Å²) < 4.78 is 0. The van der Waals surface area contributed by atoms with Gasteiger partial charge in [0.1, 0.15) is 18.0 Å². The highest BCUT2D eigenvalue weighted by molar-refractivity contribution is 6.22. The van der Waals surface area contributed by atoms with Crippen LogP contribution in [0.3, 0.4) is 0 Å². The molecule has 0 aliphatic heterocycles. The normalized spacial score (nSPS) is 12.0. The van der Waals surface area contributed by atoms with Crippen molar-refractivity contribution in [1.29, 1.82) is 0 Å². The highest BCUT2D eigenvalue weighted by Crippen LogP contribution is 2.42. The summed E-state index contributed by atoms with van der Waals surface area (Å²) in [5.74, 6) is -0.130. The molecule has 2 N–H and O–H groups in total. The van der Waals surface area contributed by atoms with Crippen LogP contribution in [0, 0.1) is 0 Å². The molecule has 60 heavy (non-hydrogen) atoms. The first-order valence-corrected chi connectivity index (χ1v) is 19.8. The van der Waals surface area contributed by atoms with E-state index in [1.165, 1.54) is 11.1 Å². The van der Waals surface area contributed by atoms with Crippen LogP contribution in [0.1, 0.15) is 32.6 Å². The summed E-state index contributed by atoms with van der Waals surface area (Å²) in [5, 5.41) is 30.0. The van der Waals surface area contributed by atoms with E-state index in [-0.39, 0.29) is 18.1 Å². The van der Waals surface area contributed by atoms with Crippen LogP contribution in [-0.4, -0.2) is 17.9 Å². The van der Waals surface area contributed by atoms with Crippen molar-refractivity contribution in [3.63, 3.8) is 0 Å². The van der Waals surface area contributed by atoms with Gasteiger partial charge in [0.05, 0.1) is 17.1 Å². The number of phenolic OH excluding ortho intramolecular Hbond substituents is 1. The number of carbonyl (C=O) groups excluding carboxylic acids is 1. The molecule has 0 unspecified atom stereocenters. The van der Waals surface area contributed by atoms with E-state index in [2.05, 4.69) is 116 Å². The minimum Gasteiger partial charge on any atom is -0.505 e. The lowest BCUT2D eigenvalue weighted by Crippen LogP contribution is -2.09. The molecule has 1 aliphatic rings. The number of aromatic hydroxyl groups is 1. The minimum atomic E-state index is -0.100. The molecule has 0 atom stereocenters. The third-order valence-electron chi connectivity index (χ3n) is 10.6. The van der Waals surface area contributed by atoms with Gasteiger partial charge in [0, 0.05) is 46.2 Å². The fourth-order valence-electron chi connectivity index (χ4n) is 7.63. The molecule has 0 spiro atoms. The summed E-state index contributed by atoms with van der Waals surface area (Å²) in [5.41, 5.74) is 14.4. The van der Waals surface area contributed by atoms with Crippen LogP contribution in [0.4, 0.5) is 39.8 Å². The molecule has 9 heteroatoms. The Morgan fingerprint density at radius 2 is 1.12 bits per heavy atom. The van der Waals surface area contributed by atoms with Gasteiger partial charge in [-0.3, -0.25) is 15.1 Å². The second-order valence-corrected chi connectivity index (χ2v) is 14.5. The maximum absolute atomic E-state index is 13.3. The molecule has 0 bridgehead atoms. The first-order chi connectivity index (χ1) is 29.5. The summed E-state index contributed by atoms with van der Waals surface area (Å²) in [4.78, 5) is 21.5. The van der Waals surface area contributed by atoms with Gasteiger partial charge in [0.25, 0.3) is 0 Å². The Bertz CT molecular complexity index is 2840. The lowest BCUT2D eigenvalue weighted by atomic mass is 10.0. The van der Waals surface area contributed by atoms with Crippen LogP contribution in [-0.2, 0) is 24.3 Å². The molecular weight excluding hydrogens is 745 g/mol. The van der Waals surface area contributed by atoms with E-state index in [1.54, 1.807) is 19.2 Å². The highest BCUT2D eigenvalue weighted by Gasteiger charge is 2.27. The summed E-state index contributed by atoms with van der Waals surface area (Å²) in [7, 11) is 1.59. The first-order valence-electron chi connectivity index (χ1n) is 19.8. The van der Waals surface area contributed by atoms with Gasteiger partial charge in [0.15, 0.2) is 5.78 Å². The monoisotopic (exact) mass is 784 g/mol. The summed E-state index contributed by atoms with van der Waals surface area (Å²) in [6.07, 6.45) is 1.81. The smallest absolute Gasteiger partial charge is 0.194 e. The zero-order valence-electron chi connectivity index (χ0n) is 32.9. The molecule has 1 aliphatic carbocycles. The number of nitrogens with one attached hydrogen (secondary N) is 1. The topological polar surface area (TPSA) is 111 Å². The molecule has 0 radical (unpaired) electrons. The molecule has 9 nitrogen and oxygen atoms in total. The van der Waals surface area contributed by atoms with Crippen LogP contribution < -0.4 is 10.4 Å². The maximum atomic E-state index is 13.3. The zero-order chi connectivity index (χ0) is 40.8. The number of carbonyl (C=O) groups is 1. The molecular formula is C51H40N6O3. The molecule has 0 aromatic heterocycles. The van der Waals surface area contributed by atoms with Gasteiger partial charge in [-0.05, 0) is 119 Å². The van der Waals surface area contributed by atoms with Crippen LogP contribution in [0.5, 0.6) is 5.75 Å². The summed E-state index contributed by atoms with van der Waals surface area (Å²) >= 11 is 0. The Hall–Kier alpha value is -7.75. The van der Waals surface area contributed by atoms with Crippen LogP contribution >= 0.6 is 0 Å². The van der Waals surface area contributed by atoms with Gasteiger partial charge in [-0.15, -0.1) is 5.11 Å². The van der Waals surface area contributed by atoms with E-state index in [4.69, 9.17) is 4.84 Å². The van der Waals surface area contributed by atoms with Gasteiger partial charge >= 0.3 is 0 Å². The third-order valence-corrected chi connectivity index (χ3v) is 10.6. The maximum Gasteiger partial charge on any atom is 0.194 e. The van der Waals surface area contributed by atoms with Crippen molar-refractivity contribution in [3.05, 3.63) is 204 Å². The number of fused-ring (bicyclic) bond motifs is 4. The van der Waals surface area contributed by atoms with Gasteiger partial charge in [-0.1, -0.05) is 97.1 Å². The number of aryl methyl sites for hydroxylation is 2.